The van der Waals surface area contributed by atoms with Crippen molar-refractivity contribution in [2.24, 2.45) is 0 Å². The summed E-state index contributed by atoms with van der Waals surface area (Å²) >= 11 is 0. The molecule has 1 N–H and O–H groups in total. The second-order valence-corrected chi connectivity index (χ2v) is 11.2. The second kappa shape index (κ2) is 11.6. The van der Waals surface area contributed by atoms with Crippen molar-refractivity contribution >= 4 is 27.5 Å². The van der Waals surface area contributed by atoms with Crippen LogP contribution in [-0.2, 0) is 26.2 Å². The fraction of sp³-hybridized carbons (Fsp3) is 0.310. The number of likely N-dealkylation sites (N-methyl/N-ethyl adjacent to an activating group) is 1. The molecule has 7 nitrogen and oxygen atoms in total. The SMILES string of the molecule is CNC(=O)[C@H](C)N(Cc1ccc(C)cc1)C(=O)CN(c1cccc(C)c1C)S(=O)(=O)c1ccc(C)cc1. The zero-order chi connectivity index (χ0) is 27.3. The molecule has 0 bridgehead atoms. The predicted molar refractivity (Wildman–Crippen MR) is 147 cm³/mol. The number of benzene rings is 3. The maximum absolute atomic E-state index is 13.9. The highest BCUT2D eigenvalue weighted by atomic mass is 32.2. The average molecular weight is 522 g/mol. The minimum atomic E-state index is -4.08. The average Bonchev–Trinajstić information content (AvgIpc) is 2.88. The van der Waals surface area contributed by atoms with Gasteiger partial charge in [0, 0.05) is 13.6 Å². The summed E-state index contributed by atoms with van der Waals surface area (Å²) < 4.78 is 28.9. The van der Waals surface area contributed by atoms with Crippen LogP contribution in [0.25, 0.3) is 0 Å². The van der Waals surface area contributed by atoms with Crippen LogP contribution in [0, 0.1) is 27.7 Å². The Hall–Kier alpha value is -3.65. The fourth-order valence-corrected chi connectivity index (χ4v) is 5.51. The van der Waals surface area contributed by atoms with E-state index < -0.39 is 28.5 Å². The Morgan fingerprint density at radius 1 is 0.865 bits per heavy atom. The molecule has 0 saturated heterocycles. The predicted octanol–water partition coefficient (Wildman–Crippen LogP) is 4.28. The van der Waals surface area contributed by atoms with Crippen molar-refractivity contribution in [2.75, 3.05) is 17.9 Å². The number of carbonyl (C=O) groups excluding carboxylic acids is 2. The molecule has 3 aromatic carbocycles. The molecule has 0 aliphatic heterocycles. The van der Waals surface area contributed by atoms with Gasteiger partial charge >= 0.3 is 0 Å². The molecular weight excluding hydrogens is 486 g/mol. The largest absolute Gasteiger partial charge is 0.357 e. The van der Waals surface area contributed by atoms with Gasteiger partial charge in [-0.3, -0.25) is 13.9 Å². The Bertz CT molecular complexity index is 1370. The summed E-state index contributed by atoms with van der Waals surface area (Å²) in [5.41, 5.74) is 4.94. The molecule has 0 aromatic heterocycles. The van der Waals surface area contributed by atoms with E-state index in [4.69, 9.17) is 0 Å². The molecule has 0 fully saturated rings. The van der Waals surface area contributed by atoms with Crippen LogP contribution in [0.4, 0.5) is 5.69 Å². The van der Waals surface area contributed by atoms with Gasteiger partial charge in [0.15, 0.2) is 0 Å². The van der Waals surface area contributed by atoms with Crippen molar-refractivity contribution in [3.63, 3.8) is 0 Å². The smallest absolute Gasteiger partial charge is 0.264 e. The topological polar surface area (TPSA) is 86.8 Å². The minimum Gasteiger partial charge on any atom is -0.357 e. The molecule has 3 aromatic rings. The standard InChI is InChI=1S/C29H35N3O4S/c1-20-10-14-25(15-11-20)18-31(24(5)29(34)30-6)28(33)19-32(27-9-7-8-22(3)23(27)4)37(35,36)26-16-12-21(2)13-17-26/h7-17,24H,18-19H2,1-6H3,(H,30,34)/t24-/m0/s1. The van der Waals surface area contributed by atoms with E-state index in [0.717, 1.165) is 32.1 Å². The summed E-state index contributed by atoms with van der Waals surface area (Å²) in [5.74, 6) is -0.812. The van der Waals surface area contributed by atoms with Crippen LogP contribution in [0.1, 0.15) is 34.7 Å². The lowest BCUT2D eigenvalue weighted by atomic mass is 10.1. The maximum atomic E-state index is 13.9. The lowest BCUT2D eigenvalue weighted by molar-refractivity contribution is -0.139. The number of carbonyl (C=O) groups is 2. The molecule has 37 heavy (non-hydrogen) atoms. The highest BCUT2D eigenvalue weighted by Crippen LogP contribution is 2.29. The van der Waals surface area contributed by atoms with Crippen molar-refractivity contribution in [1.82, 2.24) is 10.2 Å². The quantitative estimate of drug-likeness (QED) is 0.455. The number of rotatable bonds is 9. The van der Waals surface area contributed by atoms with Gasteiger partial charge in [-0.15, -0.1) is 0 Å². The Labute approximate surface area is 220 Å². The van der Waals surface area contributed by atoms with E-state index in [0.29, 0.717) is 5.69 Å². The molecule has 0 aliphatic carbocycles. The third-order valence-corrected chi connectivity index (χ3v) is 8.39. The molecule has 0 unspecified atom stereocenters. The van der Waals surface area contributed by atoms with Gasteiger partial charge in [0.2, 0.25) is 11.8 Å². The van der Waals surface area contributed by atoms with Gasteiger partial charge in [0.25, 0.3) is 10.0 Å². The zero-order valence-electron chi connectivity index (χ0n) is 22.3. The molecule has 1 atom stereocenters. The van der Waals surface area contributed by atoms with E-state index in [2.05, 4.69) is 5.32 Å². The minimum absolute atomic E-state index is 0.0937. The summed E-state index contributed by atoms with van der Waals surface area (Å²) in [6.07, 6.45) is 0. The van der Waals surface area contributed by atoms with Crippen LogP contribution in [0.5, 0.6) is 0 Å². The number of hydrogen-bond donors (Lipinski definition) is 1. The van der Waals surface area contributed by atoms with Crippen molar-refractivity contribution in [3.8, 4) is 0 Å². The van der Waals surface area contributed by atoms with Crippen LogP contribution >= 0.6 is 0 Å². The maximum Gasteiger partial charge on any atom is 0.264 e. The normalized spacial score (nSPS) is 12.1. The lowest BCUT2D eigenvalue weighted by Gasteiger charge is -2.32. The summed E-state index contributed by atoms with van der Waals surface area (Å²) in [6, 6.07) is 18.8. The van der Waals surface area contributed by atoms with Crippen LogP contribution < -0.4 is 9.62 Å². The number of nitrogens with zero attached hydrogens (tertiary/aromatic N) is 2. The van der Waals surface area contributed by atoms with Crippen molar-refractivity contribution in [2.45, 2.75) is 52.1 Å². The number of sulfonamides is 1. The molecule has 2 amide bonds. The first-order chi connectivity index (χ1) is 17.4. The van der Waals surface area contributed by atoms with Gasteiger partial charge < -0.3 is 10.2 Å². The third-order valence-electron chi connectivity index (χ3n) is 6.62. The highest BCUT2D eigenvalue weighted by Gasteiger charge is 2.33. The van der Waals surface area contributed by atoms with Crippen LogP contribution in [0.2, 0.25) is 0 Å². The lowest BCUT2D eigenvalue weighted by Crippen LogP contribution is -2.50. The summed E-state index contributed by atoms with van der Waals surface area (Å²) in [4.78, 5) is 27.9. The molecular formula is C29H35N3O4S. The molecule has 0 spiro atoms. The first-order valence-corrected chi connectivity index (χ1v) is 13.6. The van der Waals surface area contributed by atoms with Gasteiger partial charge in [-0.1, -0.05) is 59.7 Å². The van der Waals surface area contributed by atoms with E-state index in [1.54, 1.807) is 43.3 Å². The van der Waals surface area contributed by atoms with Gasteiger partial charge in [-0.25, -0.2) is 8.42 Å². The van der Waals surface area contributed by atoms with E-state index in [1.165, 1.54) is 11.9 Å². The van der Waals surface area contributed by atoms with Gasteiger partial charge in [0.05, 0.1) is 10.6 Å². The fourth-order valence-electron chi connectivity index (χ4n) is 4.04. The Morgan fingerprint density at radius 3 is 2.00 bits per heavy atom. The van der Waals surface area contributed by atoms with Gasteiger partial charge in [0.1, 0.15) is 12.6 Å². The molecule has 196 valence electrons. The highest BCUT2D eigenvalue weighted by molar-refractivity contribution is 7.92. The Morgan fingerprint density at radius 2 is 1.43 bits per heavy atom. The number of nitrogens with one attached hydrogen (secondary N) is 1. The number of anilines is 1. The van der Waals surface area contributed by atoms with Crippen LogP contribution in [-0.4, -0.2) is 44.8 Å². The first-order valence-electron chi connectivity index (χ1n) is 12.2. The number of amides is 2. The van der Waals surface area contributed by atoms with Crippen molar-refractivity contribution in [3.05, 3.63) is 94.5 Å². The zero-order valence-corrected chi connectivity index (χ0v) is 23.1. The van der Waals surface area contributed by atoms with E-state index in [9.17, 15) is 18.0 Å². The van der Waals surface area contributed by atoms with E-state index >= 15 is 0 Å². The van der Waals surface area contributed by atoms with Gasteiger partial charge in [-0.2, -0.15) is 0 Å². The van der Waals surface area contributed by atoms with Crippen molar-refractivity contribution < 1.29 is 18.0 Å². The van der Waals surface area contributed by atoms with E-state index in [1.807, 2.05) is 58.0 Å². The Kier molecular flexibility index (Phi) is 8.76. The summed E-state index contributed by atoms with van der Waals surface area (Å²) in [5, 5.41) is 2.59. The van der Waals surface area contributed by atoms with Crippen LogP contribution in [0.3, 0.4) is 0 Å². The molecule has 8 heteroatoms. The molecule has 0 heterocycles. The summed E-state index contributed by atoms with van der Waals surface area (Å²) in [6.45, 7) is 8.94. The molecule has 0 aliphatic rings. The molecule has 3 rings (SSSR count). The number of hydrogen-bond acceptors (Lipinski definition) is 4. The monoisotopic (exact) mass is 521 g/mol. The summed E-state index contributed by atoms with van der Waals surface area (Å²) in [7, 11) is -2.57. The third kappa shape index (κ3) is 6.38. The van der Waals surface area contributed by atoms with E-state index in [-0.39, 0.29) is 17.3 Å². The van der Waals surface area contributed by atoms with Crippen molar-refractivity contribution in [1.29, 1.82) is 0 Å². The number of aryl methyl sites for hydroxylation is 3. The molecule has 0 saturated carbocycles. The molecule has 0 radical (unpaired) electrons. The Balaban J connectivity index is 2.07. The first kappa shape index (κ1) is 27.9. The van der Waals surface area contributed by atoms with Gasteiger partial charge in [-0.05, 0) is 69.5 Å². The second-order valence-electron chi connectivity index (χ2n) is 9.34. The van der Waals surface area contributed by atoms with Crippen LogP contribution in [0.15, 0.2) is 71.6 Å².